The number of phenolic OH excluding ortho intramolecular Hbond substituents is 1. The summed E-state index contributed by atoms with van der Waals surface area (Å²) in [6.45, 7) is -0.274. The molecule has 0 aliphatic rings. The van der Waals surface area contributed by atoms with Crippen molar-refractivity contribution in [3.8, 4) is 5.75 Å². The van der Waals surface area contributed by atoms with Crippen LogP contribution in [0.25, 0.3) is 0 Å². The van der Waals surface area contributed by atoms with Crippen molar-refractivity contribution < 1.29 is 19.4 Å². The smallest absolute Gasteiger partial charge is 0.338 e. The van der Waals surface area contributed by atoms with Crippen LogP contribution in [0.2, 0.25) is 0 Å². The Morgan fingerprint density at radius 2 is 1.75 bits per heavy atom. The third-order valence-corrected chi connectivity index (χ3v) is 2.69. The number of carbonyl (C=O) groups excluding carboxylic acids is 2. The summed E-state index contributed by atoms with van der Waals surface area (Å²) in [6.07, 6.45) is 0.121. The second kappa shape index (κ2) is 6.52. The van der Waals surface area contributed by atoms with Gasteiger partial charge in [-0.1, -0.05) is 30.3 Å². The number of aromatic hydroxyl groups is 1. The normalized spacial score (nSPS) is 10.0. The molecule has 2 aromatic carbocycles. The second-order valence-electron chi connectivity index (χ2n) is 4.33. The van der Waals surface area contributed by atoms with Gasteiger partial charge in [0, 0.05) is 6.42 Å². The Morgan fingerprint density at radius 3 is 2.45 bits per heavy atom. The van der Waals surface area contributed by atoms with Crippen LogP contribution in [0.3, 0.4) is 0 Å². The minimum atomic E-state index is -0.519. The van der Waals surface area contributed by atoms with Crippen molar-refractivity contribution in [2.45, 2.75) is 6.42 Å². The highest BCUT2D eigenvalue weighted by molar-refractivity contribution is 5.91. The van der Waals surface area contributed by atoms with Crippen LogP contribution in [0.15, 0.2) is 54.6 Å². The number of benzene rings is 2. The highest BCUT2D eigenvalue weighted by atomic mass is 16.5. The number of Topliss-reactive ketones (excluding diaryl/α,β-unsaturated/α-hetero) is 1. The van der Waals surface area contributed by atoms with Crippen LogP contribution < -0.4 is 0 Å². The van der Waals surface area contributed by atoms with E-state index in [4.69, 9.17) is 4.74 Å². The van der Waals surface area contributed by atoms with Gasteiger partial charge in [-0.25, -0.2) is 4.79 Å². The van der Waals surface area contributed by atoms with E-state index in [0.29, 0.717) is 11.1 Å². The summed E-state index contributed by atoms with van der Waals surface area (Å²) in [5.74, 6) is -0.633. The largest absolute Gasteiger partial charge is 0.508 e. The fraction of sp³-hybridized carbons (Fsp3) is 0.125. The van der Waals surface area contributed by atoms with E-state index in [0.717, 1.165) is 0 Å². The van der Waals surface area contributed by atoms with Crippen LogP contribution in [0, 0.1) is 0 Å². The molecule has 0 saturated carbocycles. The highest BCUT2D eigenvalue weighted by Gasteiger charge is 2.10. The first-order valence-corrected chi connectivity index (χ1v) is 6.17. The van der Waals surface area contributed by atoms with Crippen molar-refractivity contribution in [2.24, 2.45) is 0 Å². The number of hydrogen-bond acceptors (Lipinski definition) is 4. The van der Waals surface area contributed by atoms with Gasteiger partial charge in [0.15, 0.2) is 12.4 Å². The van der Waals surface area contributed by atoms with Crippen molar-refractivity contribution in [3.05, 3.63) is 65.7 Å². The standard InChI is InChI=1S/C16H14O4/c17-14-8-4-5-12(9-14)10-15(18)11-20-16(19)13-6-2-1-3-7-13/h1-9,17H,10-11H2. The van der Waals surface area contributed by atoms with Crippen LogP contribution in [-0.2, 0) is 16.0 Å². The number of hydrogen-bond donors (Lipinski definition) is 1. The van der Waals surface area contributed by atoms with E-state index in [2.05, 4.69) is 0 Å². The average molecular weight is 270 g/mol. The predicted octanol–water partition coefficient (Wildman–Crippen LogP) is 2.36. The first-order valence-electron chi connectivity index (χ1n) is 6.17. The van der Waals surface area contributed by atoms with Gasteiger partial charge < -0.3 is 9.84 Å². The lowest BCUT2D eigenvalue weighted by Crippen LogP contribution is -2.15. The van der Waals surface area contributed by atoms with Crippen molar-refractivity contribution in [2.75, 3.05) is 6.61 Å². The molecule has 4 nitrogen and oxygen atoms in total. The average Bonchev–Trinajstić information content (AvgIpc) is 2.46. The fourth-order valence-corrected chi connectivity index (χ4v) is 1.75. The number of carbonyl (C=O) groups is 2. The number of rotatable bonds is 5. The van der Waals surface area contributed by atoms with Crippen LogP contribution in [-0.4, -0.2) is 23.5 Å². The van der Waals surface area contributed by atoms with Gasteiger partial charge in [0.05, 0.1) is 5.56 Å². The van der Waals surface area contributed by atoms with Gasteiger partial charge >= 0.3 is 5.97 Å². The van der Waals surface area contributed by atoms with Gasteiger partial charge in [0.1, 0.15) is 5.75 Å². The zero-order chi connectivity index (χ0) is 14.4. The molecular formula is C16H14O4. The molecule has 0 heterocycles. The first-order chi connectivity index (χ1) is 9.65. The Bertz CT molecular complexity index is 605. The van der Waals surface area contributed by atoms with Crippen molar-refractivity contribution in [3.63, 3.8) is 0 Å². The molecule has 20 heavy (non-hydrogen) atoms. The lowest BCUT2D eigenvalue weighted by molar-refractivity contribution is -0.121. The molecular weight excluding hydrogens is 256 g/mol. The van der Waals surface area contributed by atoms with Crippen LogP contribution in [0.1, 0.15) is 15.9 Å². The fourth-order valence-electron chi connectivity index (χ4n) is 1.75. The Hall–Kier alpha value is -2.62. The van der Waals surface area contributed by atoms with Crippen LogP contribution in [0.4, 0.5) is 0 Å². The minimum Gasteiger partial charge on any atom is -0.508 e. The highest BCUT2D eigenvalue weighted by Crippen LogP contribution is 2.11. The monoisotopic (exact) mass is 270 g/mol. The maximum atomic E-state index is 11.7. The Labute approximate surface area is 116 Å². The van der Waals surface area contributed by atoms with Gasteiger partial charge in [-0.2, -0.15) is 0 Å². The van der Waals surface area contributed by atoms with E-state index in [1.165, 1.54) is 12.1 Å². The maximum absolute atomic E-state index is 11.7. The lowest BCUT2D eigenvalue weighted by Gasteiger charge is -2.04. The molecule has 0 saturated heterocycles. The van der Waals surface area contributed by atoms with Crippen molar-refractivity contribution in [1.29, 1.82) is 0 Å². The molecule has 0 atom stereocenters. The van der Waals surface area contributed by atoms with E-state index in [1.54, 1.807) is 42.5 Å². The SMILES string of the molecule is O=C(COC(=O)c1ccccc1)Cc1cccc(O)c1. The first kappa shape index (κ1) is 13.8. The zero-order valence-corrected chi connectivity index (χ0v) is 10.8. The van der Waals surface area contributed by atoms with Crippen molar-refractivity contribution in [1.82, 2.24) is 0 Å². The molecule has 0 radical (unpaired) electrons. The number of ketones is 1. The number of ether oxygens (including phenoxy) is 1. The molecule has 0 spiro atoms. The molecule has 0 aliphatic carbocycles. The quantitative estimate of drug-likeness (QED) is 0.847. The third-order valence-electron chi connectivity index (χ3n) is 2.69. The molecule has 0 aliphatic heterocycles. The summed E-state index contributed by atoms with van der Waals surface area (Å²) in [7, 11) is 0. The number of esters is 1. The number of phenols is 1. The van der Waals surface area contributed by atoms with Crippen LogP contribution in [0.5, 0.6) is 5.75 Å². The lowest BCUT2D eigenvalue weighted by atomic mass is 10.1. The van der Waals surface area contributed by atoms with E-state index < -0.39 is 5.97 Å². The topological polar surface area (TPSA) is 63.6 Å². The summed E-state index contributed by atoms with van der Waals surface area (Å²) in [4.78, 5) is 23.3. The van der Waals surface area contributed by atoms with E-state index in [-0.39, 0.29) is 24.6 Å². The minimum absolute atomic E-state index is 0.108. The van der Waals surface area contributed by atoms with Gasteiger partial charge in [-0.05, 0) is 29.8 Å². The van der Waals surface area contributed by atoms with Gasteiger partial charge in [0.2, 0.25) is 0 Å². The van der Waals surface area contributed by atoms with Crippen molar-refractivity contribution >= 4 is 11.8 Å². The molecule has 0 amide bonds. The molecule has 0 unspecified atom stereocenters. The Morgan fingerprint density at radius 1 is 1.00 bits per heavy atom. The van der Waals surface area contributed by atoms with E-state index in [9.17, 15) is 14.7 Å². The summed E-state index contributed by atoms with van der Waals surface area (Å²) in [5, 5.41) is 9.30. The van der Waals surface area contributed by atoms with Crippen LogP contribution >= 0.6 is 0 Å². The zero-order valence-electron chi connectivity index (χ0n) is 10.8. The Kier molecular flexibility index (Phi) is 4.50. The molecule has 2 aromatic rings. The van der Waals surface area contributed by atoms with E-state index >= 15 is 0 Å². The summed E-state index contributed by atoms with van der Waals surface area (Å²) in [5.41, 5.74) is 1.10. The summed E-state index contributed by atoms with van der Waals surface area (Å²) >= 11 is 0. The molecule has 102 valence electrons. The molecule has 0 aromatic heterocycles. The molecule has 0 fully saturated rings. The summed E-state index contributed by atoms with van der Waals surface area (Å²) in [6, 6.07) is 14.9. The third kappa shape index (κ3) is 3.95. The second-order valence-corrected chi connectivity index (χ2v) is 4.33. The predicted molar refractivity (Wildman–Crippen MR) is 73.5 cm³/mol. The van der Waals surface area contributed by atoms with E-state index in [1.807, 2.05) is 0 Å². The molecule has 2 rings (SSSR count). The van der Waals surface area contributed by atoms with Gasteiger partial charge in [0.25, 0.3) is 0 Å². The summed E-state index contributed by atoms with van der Waals surface area (Å²) < 4.78 is 4.94. The maximum Gasteiger partial charge on any atom is 0.338 e. The van der Waals surface area contributed by atoms with Gasteiger partial charge in [-0.3, -0.25) is 4.79 Å². The molecule has 4 heteroatoms. The Balaban J connectivity index is 1.85. The molecule has 0 bridgehead atoms. The van der Waals surface area contributed by atoms with Gasteiger partial charge in [-0.15, -0.1) is 0 Å². The molecule has 1 N–H and O–H groups in total.